The predicted octanol–water partition coefficient (Wildman–Crippen LogP) is 2.25. The molecule has 2 aromatic heterocycles. The summed E-state index contributed by atoms with van der Waals surface area (Å²) in [6, 6.07) is 6.57. The largest absolute Gasteiger partial charge is 0.444 e. The summed E-state index contributed by atoms with van der Waals surface area (Å²) in [4.78, 5) is 13.8. The maximum Gasteiger partial charge on any atom is 0.289 e. The van der Waals surface area contributed by atoms with Crippen molar-refractivity contribution >= 4 is 43.2 Å². The first kappa shape index (κ1) is 15.7. The van der Waals surface area contributed by atoms with Crippen molar-refractivity contribution < 1.29 is 17.6 Å². The fourth-order valence-corrected chi connectivity index (χ4v) is 5.13. The third-order valence-electron chi connectivity index (χ3n) is 3.40. The van der Waals surface area contributed by atoms with E-state index in [1.165, 1.54) is 15.6 Å². The summed E-state index contributed by atoms with van der Waals surface area (Å²) >= 11 is 4.36. The highest BCUT2D eigenvalue weighted by Crippen LogP contribution is 2.23. The first-order chi connectivity index (χ1) is 10.5. The van der Waals surface area contributed by atoms with Crippen LogP contribution in [0.5, 0.6) is 0 Å². The Labute approximate surface area is 140 Å². The van der Waals surface area contributed by atoms with Crippen molar-refractivity contribution in [3.63, 3.8) is 0 Å². The quantitative estimate of drug-likeness (QED) is 0.786. The lowest BCUT2D eigenvalue weighted by Crippen LogP contribution is -2.50. The monoisotopic (exact) mass is 404 g/mol. The average Bonchev–Trinajstić information content (AvgIpc) is 3.18. The maximum absolute atomic E-state index is 12.4. The Balaban J connectivity index is 1.67. The molecule has 118 valence electrons. The van der Waals surface area contributed by atoms with Crippen LogP contribution in [-0.4, -0.2) is 49.7 Å². The summed E-state index contributed by atoms with van der Waals surface area (Å²) < 4.78 is 32.3. The van der Waals surface area contributed by atoms with Crippen molar-refractivity contribution in [2.75, 3.05) is 26.2 Å². The molecule has 2 aromatic rings. The molecule has 0 aliphatic carbocycles. The Hall–Kier alpha value is -1.16. The molecule has 0 bridgehead atoms. The fourth-order valence-electron chi connectivity index (χ4n) is 2.25. The zero-order valence-electron chi connectivity index (χ0n) is 11.4. The zero-order chi connectivity index (χ0) is 15.7. The summed E-state index contributed by atoms with van der Waals surface area (Å²) in [5.74, 6) is 0.0281. The van der Waals surface area contributed by atoms with Gasteiger partial charge in [-0.05, 0) is 39.5 Å². The second-order valence-corrected chi connectivity index (χ2v) is 8.63. The first-order valence-corrected chi connectivity index (χ1v) is 9.68. The highest BCUT2D eigenvalue weighted by Gasteiger charge is 2.31. The number of sulfonamides is 1. The van der Waals surface area contributed by atoms with E-state index in [2.05, 4.69) is 15.9 Å². The second kappa shape index (κ2) is 6.15. The summed E-state index contributed by atoms with van der Waals surface area (Å²) in [5, 5.41) is 1.74. The lowest BCUT2D eigenvalue weighted by molar-refractivity contribution is 0.0664. The molecule has 0 saturated carbocycles. The van der Waals surface area contributed by atoms with Gasteiger partial charge in [0.05, 0.1) is 0 Å². The standard InChI is InChI=1S/C13H13BrN2O4S2/c14-11-4-3-10(20-11)13(17)15-5-7-16(8-6-15)22(18,19)12-2-1-9-21-12/h1-4,9H,5-8H2. The van der Waals surface area contributed by atoms with Gasteiger partial charge in [0.1, 0.15) is 4.21 Å². The van der Waals surface area contributed by atoms with E-state index in [-0.39, 0.29) is 24.8 Å². The Bertz CT molecular complexity index is 762. The van der Waals surface area contributed by atoms with Crippen LogP contribution >= 0.6 is 27.3 Å². The number of hydrogen-bond acceptors (Lipinski definition) is 5. The number of amides is 1. The highest BCUT2D eigenvalue weighted by atomic mass is 79.9. The van der Waals surface area contributed by atoms with Gasteiger partial charge in [-0.3, -0.25) is 4.79 Å². The van der Waals surface area contributed by atoms with Gasteiger partial charge in [0, 0.05) is 26.2 Å². The number of piperazine rings is 1. The summed E-state index contributed by atoms with van der Waals surface area (Å²) in [6.45, 7) is 1.27. The van der Waals surface area contributed by atoms with Crippen LogP contribution in [0, 0.1) is 0 Å². The van der Waals surface area contributed by atoms with Gasteiger partial charge in [-0.1, -0.05) is 6.07 Å². The van der Waals surface area contributed by atoms with Crippen molar-refractivity contribution in [2.45, 2.75) is 4.21 Å². The Morgan fingerprint density at radius 2 is 1.91 bits per heavy atom. The lowest BCUT2D eigenvalue weighted by atomic mass is 10.3. The molecule has 6 nitrogen and oxygen atoms in total. The lowest BCUT2D eigenvalue weighted by Gasteiger charge is -2.33. The number of rotatable bonds is 3. The molecule has 22 heavy (non-hydrogen) atoms. The number of furan rings is 1. The Morgan fingerprint density at radius 3 is 2.45 bits per heavy atom. The van der Waals surface area contributed by atoms with Crippen molar-refractivity contribution in [2.24, 2.45) is 0 Å². The van der Waals surface area contributed by atoms with Crippen LogP contribution in [0.1, 0.15) is 10.6 Å². The SMILES string of the molecule is O=C(c1ccc(Br)o1)N1CCN(S(=O)(=O)c2cccs2)CC1. The minimum absolute atomic E-state index is 0.223. The molecule has 9 heteroatoms. The number of carbonyl (C=O) groups is 1. The van der Waals surface area contributed by atoms with Crippen molar-refractivity contribution in [1.82, 2.24) is 9.21 Å². The van der Waals surface area contributed by atoms with Crippen LogP contribution in [0.4, 0.5) is 0 Å². The van der Waals surface area contributed by atoms with Crippen LogP contribution in [0.2, 0.25) is 0 Å². The number of nitrogens with zero attached hydrogens (tertiary/aromatic N) is 2. The molecule has 0 N–H and O–H groups in total. The smallest absolute Gasteiger partial charge is 0.289 e. The molecule has 0 radical (unpaired) electrons. The van der Waals surface area contributed by atoms with E-state index in [9.17, 15) is 13.2 Å². The third-order valence-corrected chi connectivity index (χ3v) is 7.10. The van der Waals surface area contributed by atoms with Crippen LogP contribution in [0.25, 0.3) is 0 Å². The highest BCUT2D eigenvalue weighted by molar-refractivity contribution is 9.10. The first-order valence-electron chi connectivity index (χ1n) is 6.57. The van der Waals surface area contributed by atoms with E-state index in [1.54, 1.807) is 34.5 Å². The van der Waals surface area contributed by atoms with Crippen LogP contribution in [-0.2, 0) is 10.0 Å². The molecule has 1 amide bonds. The Morgan fingerprint density at radius 1 is 1.18 bits per heavy atom. The van der Waals surface area contributed by atoms with E-state index in [4.69, 9.17) is 4.42 Å². The van der Waals surface area contributed by atoms with Crippen LogP contribution in [0.3, 0.4) is 0 Å². The predicted molar refractivity (Wildman–Crippen MR) is 85.4 cm³/mol. The van der Waals surface area contributed by atoms with E-state index in [1.807, 2.05) is 0 Å². The molecule has 1 fully saturated rings. The van der Waals surface area contributed by atoms with E-state index < -0.39 is 10.0 Å². The van der Waals surface area contributed by atoms with Crippen molar-refractivity contribution in [1.29, 1.82) is 0 Å². The topological polar surface area (TPSA) is 70.8 Å². The van der Waals surface area contributed by atoms with Crippen molar-refractivity contribution in [3.8, 4) is 0 Å². The number of halogens is 1. The van der Waals surface area contributed by atoms with Crippen LogP contribution < -0.4 is 0 Å². The van der Waals surface area contributed by atoms with Gasteiger partial charge in [0.25, 0.3) is 15.9 Å². The fraction of sp³-hybridized carbons (Fsp3) is 0.308. The summed E-state index contributed by atoms with van der Waals surface area (Å²) in [5.41, 5.74) is 0. The van der Waals surface area contributed by atoms with Gasteiger partial charge in [-0.2, -0.15) is 4.31 Å². The molecular weight excluding hydrogens is 392 g/mol. The molecule has 0 spiro atoms. The maximum atomic E-state index is 12.4. The molecule has 0 atom stereocenters. The van der Waals surface area contributed by atoms with Gasteiger partial charge >= 0.3 is 0 Å². The normalized spacial score (nSPS) is 16.9. The molecular formula is C13H13BrN2O4S2. The molecule has 1 aliphatic rings. The van der Waals surface area contributed by atoms with Gasteiger partial charge in [-0.25, -0.2) is 8.42 Å². The number of thiophene rings is 1. The van der Waals surface area contributed by atoms with Crippen molar-refractivity contribution in [3.05, 3.63) is 40.1 Å². The van der Waals surface area contributed by atoms with E-state index in [0.717, 1.165) is 0 Å². The molecule has 3 rings (SSSR count). The minimum Gasteiger partial charge on any atom is -0.444 e. The second-order valence-electron chi connectivity index (χ2n) is 4.73. The molecule has 0 aromatic carbocycles. The van der Waals surface area contributed by atoms with Gasteiger partial charge in [0.2, 0.25) is 0 Å². The molecule has 3 heterocycles. The number of carbonyl (C=O) groups excluding carboxylic acids is 1. The summed E-state index contributed by atoms with van der Waals surface area (Å²) in [7, 11) is -3.45. The Kier molecular flexibility index (Phi) is 4.40. The molecule has 0 unspecified atom stereocenters. The van der Waals surface area contributed by atoms with E-state index in [0.29, 0.717) is 22.0 Å². The van der Waals surface area contributed by atoms with Gasteiger partial charge in [-0.15, -0.1) is 11.3 Å². The van der Waals surface area contributed by atoms with E-state index >= 15 is 0 Å². The average molecular weight is 405 g/mol. The van der Waals surface area contributed by atoms with Crippen LogP contribution in [0.15, 0.2) is 42.9 Å². The number of hydrogen-bond donors (Lipinski definition) is 0. The minimum atomic E-state index is -3.45. The molecule has 1 saturated heterocycles. The van der Waals surface area contributed by atoms with Gasteiger partial charge in [0.15, 0.2) is 10.4 Å². The third kappa shape index (κ3) is 2.98. The van der Waals surface area contributed by atoms with Gasteiger partial charge < -0.3 is 9.32 Å². The summed E-state index contributed by atoms with van der Waals surface area (Å²) in [6.07, 6.45) is 0. The zero-order valence-corrected chi connectivity index (χ0v) is 14.7. The molecule has 1 aliphatic heterocycles.